The van der Waals surface area contributed by atoms with Crippen molar-refractivity contribution in [2.45, 2.75) is 23.5 Å². The highest BCUT2D eigenvalue weighted by Crippen LogP contribution is 2.32. The van der Waals surface area contributed by atoms with Crippen LogP contribution in [-0.2, 0) is 36.1 Å². The lowest BCUT2D eigenvalue weighted by Gasteiger charge is -2.26. The average Bonchev–Trinajstić information content (AvgIpc) is 2.95. The molecule has 0 aromatic heterocycles. The molecule has 0 bridgehead atoms. The molecule has 0 heterocycles. The summed E-state index contributed by atoms with van der Waals surface area (Å²) in [5.41, 5.74) is 7.56. The van der Waals surface area contributed by atoms with Gasteiger partial charge in [-0.05, 0) is 41.8 Å². The maximum atomic E-state index is 13.3. The zero-order valence-corrected chi connectivity index (χ0v) is 25.7. The van der Waals surface area contributed by atoms with Gasteiger partial charge in [-0.25, -0.2) is 26.8 Å². The maximum Gasteiger partial charge on any atom is 0.490 e. The predicted octanol–water partition coefficient (Wildman–Crippen LogP) is 2.82. The number of carbonyl (C=O) groups excluding carboxylic acids is 1. The van der Waals surface area contributed by atoms with E-state index in [9.17, 15) is 34.8 Å². The van der Waals surface area contributed by atoms with E-state index in [-0.39, 0.29) is 27.9 Å². The molecule has 1 amide bonds. The smallest absolute Gasteiger partial charge is 0.475 e. The van der Waals surface area contributed by atoms with Crippen LogP contribution < -0.4 is 16.2 Å². The molecule has 1 atom stereocenters. The highest BCUT2D eigenvalue weighted by atomic mass is 35.5. The van der Waals surface area contributed by atoms with Crippen molar-refractivity contribution >= 4 is 55.0 Å². The summed E-state index contributed by atoms with van der Waals surface area (Å²) in [6.45, 7) is 0. The molecule has 0 radical (unpaired) electrons. The molecular formula is C26H27ClF3N5O8S2. The zero-order chi connectivity index (χ0) is 34.3. The molecular weight excluding hydrogens is 667 g/mol. The molecule has 0 saturated heterocycles. The van der Waals surface area contributed by atoms with Gasteiger partial charge in [-0.1, -0.05) is 59.2 Å². The minimum atomic E-state index is -5.08. The highest BCUT2D eigenvalue weighted by Gasteiger charge is 2.38. The standard InChI is InChI=1S/C24H26ClN5O6S2.C2HF3O2/c1-30(37(2,33)34)21(13-15-6-5-7-17(12-15)23(26)29-32)24(31)28-20-11-10-16(14-19(20)25)18-8-3-4-9-22(18)38(27,35)36;3-2(4,5)1(6)7/h3-12,14,21,32H,13H2,1-2H3,(H2,26,29)(H,28,31)(H2,27,35,36);(H,6,7). The van der Waals surface area contributed by atoms with Crippen molar-refractivity contribution in [2.75, 3.05) is 18.6 Å². The van der Waals surface area contributed by atoms with Gasteiger partial charge in [0.25, 0.3) is 0 Å². The molecule has 0 aliphatic rings. The first-order valence-corrected chi connectivity index (χ1v) is 16.0. The Hall–Kier alpha value is -4.23. The lowest BCUT2D eigenvalue weighted by atomic mass is 10.0. The van der Waals surface area contributed by atoms with Crippen molar-refractivity contribution in [3.8, 4) is 11.1 Å². The third kappa shape index (κ3) is 10.4. The van der Waals surface area contributed by atoms with Crippen molar-refractivity contribution in [1.82, 2.24) is 4.31 Å². The number of benzene rings is 3. The van der Waals surface area contributed by atoms with Gasteiger partial charge >= 0.3 is 12.1 Å². The number of amidine groups is 1. The van der Waals surface area contributed by atoms with Crippen LogP contribution in [0.1, 0.15) is 11.1 Å². The second-order valence-electron chi connectivity index (χ2n) is 9.21. The Balaban J connectivity index is 0.000000900. The van der Waals surface area contributed by atoms with E-state index in [0.717, 1.165) is 10.6 Å². The van der Waals surface area contributed by atoms with Gasteiger partial charge < -0.3 is 21.4 Å². The average molecular weight is 694 g/mol. The second kappa shape index (κ2) is 14.7. The summed E-state index contributed by atoms with van der Waals surface area (Å²) in [7, 11) is -6.50. The van der Waals surface area contributed by atoms with E-state index in [2.05, 4.69) is 10.5 Å². The lowest BCUT2D eigenvalue weighted by Crippen LogP contribution is -2.46. The first-order chi connectivity index (χ1) is 20.7. The van der Waals surface area contributed by atoms with Gasteiger partial charge in [-0.2, -0.15) is 17.5 Å². The van der Waals surface area contributed by atoms with E-state index in [1.807, 2.05) is 0 Å². The van der Waals surface area contributed by atoms with Crippen LogP contribution in [0.2, 0.25) is 5.02 Å². The number of rotatable bonds is 9. The molecule has 0 aliphatic heterocycles. The molecule has 19 heteroatoms. The summed E-state index contributed by atoms with van der Waals surface area (Å²) in [5, 5.41) is 27.1. The molecule has 3 rings (SSSR count). The predicted molar refractivity (Wildman–Crippen MR) is 160 cm³/mol. The van der Waals surface area contributed by atoms with Crippen molar-refractivity contribution in [3.63, 3.8) is 0 Å². The number of anilines is 1. The SMILES string of the molecule is CN(C(Cc1cccc(/C(N)=N/O)c1)C(=O)Nc1ccc(-c2ccccc2S(N)(=O)=O)cc1Cl)S(C)(=O)=O.O=C(O)C(F)(F)F. The number of halogens is 4. The van der Waals surface area contributed by atoms with Crippen molar-refractivity contribution in [1.29, 1.82) is 0 Å². The highest BCUT2D eigenvalue weighted by molar-refractivity contribution is 7.89. The van der Waals surface area contributed by atoms with E-state index >= 15 is 0 Å². The van der Waals surface area contributed by atoms with Crippen molar-refractivity contribution in [2.24, 2.45) is 16.0 Å². The molecule has 0 fully saturated rings. The largest absolute Gasteiger partial charge is 0.490 e. The van der Waals surface area contributed by atoms with Gasteiger partial charge in [0.15, 0.2) is 5.84 Å². The minimum Gasteiger partial charge on any atom is -0.475 e. The molecule has 0 spiro atoms. The van der Waals surface area contributed by atoms with Gasteiger partial charge in [0.2, 0.25) is 26.0 Å². The number of amides is 1. The number of likely N-dealkylation sites (N-methyl/N-ethyl adjacent to an activating group) is 1. The van der Waals surface area contributed by atoms with E-state index < -0.39 is 44.1 Å². The maximum absolute atomic E-state index is 13.3. The van der Waals surface area contributed by atoms with Crippen LogP contribution in [0.5, 0.6) is 0 Å². The summed E-state index contributed by atoms with van der Waals surface area (Å²) in [5.74, 6) is -3.56. The quantitative estimate of drug-likeness (QED) is 0.0960. The summed E-state index contributed by atoms with van der Waals surface area (Å²) in [6.07, 6.45) is -4.13. The van der Waals surface area contributed by atoms with E-state index in [0.29, 0.717) is 22.3 Å². The number of nitrogens with zero attached hydrogens (tertiary/aromatic N) is 2. The van der Waals surface area contributed by atoms with Gasteiger partial charge in [-0.3, -0.25) is 4.79 Å². The number of hydrogen-bond acceptors (Lipinski definition) is 8. The number of oxime groups is 1. The van der Waals surface area contributed by atoms with Gasteiger partial charge in [-0.15, -0.1) is 0 Å². The molecule has 13 nitrogen and oxygen atoms in total. The Labute approximate surface area is 261 Å². The molecule has 0 aliphatic carbocycles. The normalized spacial score (nSPS) is 13.0. The molecule has 45 heavy (non-hydrogen) atoms. The van der Waals surface area contributed by atoms with Gasteiger partial charge in [0.05, 0.1) is 21.9 Å². The first kappa shape index (κ1) is 37.0. The Bertz CT molecular complexity index is 1820. The number of nitrogens with two attached hydrogens (primary N) is 2. The topological polar surface area (TPSA) is 223 Å². The molecule has 3 aromatic carbocycles. The number of alkyl halides is 3. The monoisotopic (exact) mass is 693 g/mol. The third-order valence-electron chi connectivity index (χ3n) is 6.00. The summed E-state index contributed by atoms with van der Waals surface area (Å²) >= 11 is 6.42. The molecule has 0 saturated carbocycles. The Morgan fingerprint density at radius 2 is 1.64 bits per heavy atom. The van der Waals surface area contributed by atoms with Crippen molar-refractivity contribution < 1.29 is 49.9 Å². The van der Waals surface area contributed by atoms with Crippen LogP contribution in [0.3, 0.4) is 0 Å². The Morgan fingerprint density at radius 3 is 2.16 bits per heavy atom. The number of nitrogens with one attached hydrogen (secondary N) is 1. The summed E-state index contributed by atoms with van der Waals surface area (Å²) in [4.78, 5) is 22.1. The Kier molecular flexibility index (Phi) is 12.1. The third-order valence-corrected chi connectivity index (χ3v) is 8.58. The van der Waals surface area contributed by atoms with Gasteiger partial charge in [0.1, 0.15) is 6.04 Å². The van der Waals surface area contributed by atoms with Crippen LogP contribution >= 0.6 is 11.6 Å². The van der Waals surface area contributed by atoms with Crippen LogP contribution in [-0.4, -0.2) is 74.7 Å². The van der Waals surface area contributed by atoms with Crippen LogP contribution in [0.4, 0.5) is 18.9 Å². The summed E-state index contributed by atoms with van der Waals surface area (Å²) < 4.78 is 81.2. The first-order valence-electron chi connectivity index (χ1n) is 12.2. The van der Waals surface area contributed by atoms with E-state index in [1.54, 1.807) is 48.5 Å². The van der Waals surface area contributed by atoms with Crippen LogP contribution in [0.25, 0.3) is 11.1 Å². The number of carboxylic acids is 1. The zero-order valence-electron chi connectivity index (χ0n) is 23.4. The van der Waals surface area contributed by atoms with Crippen molar-refractivity contribution in [3.05, 3.63) is 82.9 Å². The summed E-state index contributed by atoms with van der Waals surface area (Å²) in [6, 6.07) is 15.9. The van der Waals surface area contributed by atoms with E-state index in [1.165, 1.54) is 25.2 Å². The van der Waals surface area contributed by atoms with Gasteiger partial charge in [0, 0.05) is 18.2 Å². The minimum absolute atomic E-state index is 0.0284. The molecule has 7 N–H and O–H groups in total. The number of sulfonamides is 2. The number of aliphatic carboxylic acids is 1. The fraction of sp³-hybridized carbons (Fsp3) is 0.192. The van der Waals surface area contributed by atoms with E-state index in [4.69, 9.17) is 37.6 Å². The number of carboxylic acid groups (broad SMARTS) is 1. The Morgan fingerprint density at radius 1 is 1.04 bits per heavy atom. The fourth-order valence-electron chi connectivity index (χ4n) is 3.71. The van der Waals surface area contributed by atoms with Crippen LogP contribution in [0.15, 0.2) is 76.8 Å². The molecule has 1 unspecified atom stereocenters. The molecule has 3 aromatic rings. The second-order valence-corrected chi connectivity index (χ2v) is 13.2. The number of hydrogen-bond donors (Lipinski definition) is 5. The fourth-order valence-corrected chi connectivity index (χ4v) is 5.33. The molecule has 244 valence electrons. The number of carbonyl (C=O) groups is 2. The number of primary sulfonamides is 1. The van der Waals surface area contributed by atoms with Crippen LogP contribution in [0, 0.1) is 0 Å². The lowest BCUT2D eigenvalue weighted by molar-refractivity contribution is -0.192.